The summed E-state index contributed by atoms with van der Waals surface area (Å²) in [5.41, 5.74) is 1.40. The van der Waals surface area contributed by atoms with Crippen molar-refractivity contribution < 1.29 is 0 Å². The fourth-order valence-electron chi connectivity index (χ4n) is 2.82. The molecule has 0 aromatic carbocycles. The van der Waals surface area contributed by atoms with Crippen molar-refractivity contribution in [2.45, 2.75) is 77.8 Å². The topological polar surface area (TPSA) is 24.9 Å². The van der Waals surface area contributed by atoms with Gasteiger partial charge in [0.15, 0.2) is 0 Å². The van der Waals surface area contributed by atoms with Gasteiger partial charge in [0.25, 0.3) is 0 Å². The predicted octanol–water partition coefficient (Wildman–Crippen LogP) is 4.50. The molecule has 2 rings (SSSR count). The number of nitrogens with zero attached hydrogens (tertiary/aromatic N) is 1. The first kappa shape index (κ1) is 15.0. The Bertz CT molecular complexity index is 392. The van der Waals surface area contributed by atoms with Gasteiger partial charge in [0, 0.05) is 23.4 Å². The molecule has 0 spiro atoms. The van der Waals surface area contributed by atoms with Crippen LogP contribution in [0.1, 0.15) is 70.5 Å². The summed E-state index contributed by atoms with van der Waals surface area (Å²) < 4.78 is 0. The number of rotatable bonds is 4. The molecule has 0 bridgehead atoms. The van der Waals surface area contributed by atoms with Gasteiger partial charge in [-0.1, -0.05) is 47.0 Å². The van der Waals surface area contributed by atoms with Crippen LogP contribution in [-0.4, -0.2) is 11.0 Å². The van der Waals surface area contributed by atoms with Crippen molar-refractivity contribution in [2.75, 3.05) is 0 Å². The molecule has 1 heterocycles. The zero-order valence-corrected chi connectivity index (χ0v) is 13.6. The highest BCUT2D eigenvalue weighted by Crippen LogP contribution is 2.27. The molecule has 2 nitrogen and oxygen atoms in total. The molecule has 0 amide bonds. The second-order valence-corrected chi connectivity index (χ2v) is 7.84. The Hall–Kier alpha value is -0.410. The second-order valence-electron chi connectivity index (χ2n) is 6.90. The van der Waals surface area contributed by atoms with Crippen molar-refractivity contribution >= 4 is 11.3 Å². The quantitative estimate of drug-likeness (QED) is 0.878. The monoisotopic (exact) mass is 280 g/mol. The average Bonchev–Trinajstić information content (AvgIpc) is 2.85. The molecule has 1 aliphatic carbocycles. The average molecular weight is 280 g/mol. The van der Waals surface area contributed by atoms with E-state index in [1.807, 2.05) is 0 Å². The molecule has 1 fully saturated rings. The highest BCUT2D eigenvalue weighted by atomic mass is 32.1. The zero-order valence-electron chi connectivity index (χ0n) is 12.8. The molecule has 3 heteroatoms. The van der Waals surface area contributed by atoms with Gasteiger partial charge >= 0.3 is 0 Å². The standard InChI is InChI=1S/C16H28N2S/c1-5-12-7-6-8-13(9-12)17-10-15-18-14(11-19-15)16(2,3)4/h11-13,17H,5-10H2,1-4H3. The molecule has 1 aliphatic rings. The van der Waals surface area contributed by atoms with Crippen LogP contribution in [0.3, 0.4) is 0 Å². The molecule has 19 heavy (non-hydrogen) atoms. The van der Waals surface area contributed by atoms with Crippen LogP contribution in [0.2, 0.25) is 0 Å². The van der Waals surface area contributed by atoms with Crippen molar-refractivity contribution in [3.8, 4) is 0 Å². The van der Waals surface area contributed by atoms with E-state index >= 15 is 0 Å². The van der Waals surface area contributed by atoms with Crippen LogP contribution in [0.5, 0.6) is 0 Å². The summed E-state index contributed by atoms with van der Waals surface area (Å²) in [5, 5.41) is 7.17. The summed E-state index contributed by atoms with van der Waals surface area (Å²) in [6, 6.07) is 0.709. The maximum atomic E-state index is 4.76. The Labute approximate surface area is 122 Å². The molecule has 0 saturated heterocycles. The summed E-state index contributed by atoms with van der Waals surface area (Å²) in [4.78, 5) is 4.76. The molecule has 1 N–H and O–H groups in total. The van der Waals surface area contributed by atoms with E-state index in [1.54, 1.807) is 11.3 Å². The zero-order chi connectivity index (χ0) is 13.9. The summed E-state index contributed by atoms with van der Waals surface area (Å²) in [6.07, 6.45) is 6.85. The van der Waals surface area contributed by atoms with Gasteiger partial charge in [-0.05, 0) is 18.8 Å². The number of thiazole rings is 1. The van der Waals surface area contributed by atoms with Gasteiger partial charge in [-0.25, -0.2) is 4.98 Å². The van der Waals surface area contributed by atoms with E-state index in [2.05, 4.69) is 38.4 Å². The van der Waals surface area contributed by atoms with Crippen LogP contribution in [0.25, 0.3) is 0 Å². The molecular weight excluding hydrogens is 252 g/mol. The molecule has 1 aromatic heterocycles. The number of hydrogen-bond acceptors (Lipinski definition) is 3. The van der Waals surface area contributed by atoms with Crippen molar-refractivity contribution in [1.82, 2.24) is 10.3 Å². The van der Waals surface area contributed by atoms with Crippen LogP contribution < -0.4 is 5.32 Å². The molecule has 2 atom stereocenters. The maximum absolute atomic E-state index is 4.76. The molecule has 0 aliphatic heterocycles. The number of nitrogens with one attached hydrogen (secondary N) is 1. The molecule has 2 unspecified atom stereocenters. The summed E-state index contributed by atoms with van der Waals surface area (Å²) in [6.45, 7) is 9.95. The van der Waals surface area contributed by atoms with Gasteiger partial charge in [-0.2, -0.15) is 0 Å². The third-order valence-corrected chi connectivity index (χ3v) is 5.07. The lowest BCUT2D eigenvalue weighted by Gasteiger charge is -2.29. The Morgan fingerprint density at radius 1 is 1.37 bits per heavy atom. The van der Waals surface area contributed by atoms with E-state index < -0.39 is 0 Å². The molecule has 1 aromatic rings. The summed E-state index contributed by atoms with van der Waals surface area (Å²) in [7, 11) is 0. The Morgan fingerprint density at radius 3 is 2.79 bits per heavy atom. The van der Waals surface area contributed by atoms with Crippen LogP contribution in [0.15, 0.2) is 5.38 Å². The van der Waals surface area contributed by atoms with Gasteiger partial charge in [0.2, 0.25) is 0 Å². The first-order valence-corrected chi connectivity index (χ1v) is 8.55. The highest BCUT2D eigenvalue weighted by molar-refractivity contribution is 7.09. The van der Waals surface area contributed by atoms with Gasteiger partial charge in [0.05, 0.1) is 5.69 Å². The number of hydrogen-bond donors (Lipinski definition) is 1. The van der Waals surface area contributed by atoms with Crippen LogP contribution in [0, 0.1) is 5.92 Å². The van der Waals surface area contributed by atoms with Crippen LogP contribution >= 0.6 is 11.3 Å². The van der Waals surface area contributed by atoms with Crippen molar-refractivity contribution in [3.05, 3.63) is 16.1 Å². The highest BCUT2D eigenvalue weighted by Gasteiger charge is 2.21. The largest absolute Gasteiger partial charge is 0.308 e. The van der Waals surface area contributed by atoms with E-state index in [9.17, 15) is 0 Å². The lowest BCUT2D eigenvalue weighted by molar-refractivity contribution is 0.278. The van der Waals surface area contributed by atoms with Crippen molar-refractivity contribution in [1.29, 1.82) is 0 Å². The molecule has 108 valence electrons. The van der Waals surface area contributed by atoms with E-state index in [1.165, 1.54) is 42.8 Å². The minimum Gasteiger partial charge on any atom is -0.308 e. The molecule has 1 saturated carbocycles. The first-order valence-electron chi connectivity index (χ1n) is 7.67. The third kappa shape index (κ3) is 4.28. The lowest BCUT2D eigenvalue weighted by atomic mass is 9.84. The predicted molar refractivity (Wildman–Crippen MR) is 83.7 cm³/mol. The Kier molecular flexibility index (Phi) is 5.02. The summed E-state index contributed by atoms with van der Waals surface area (Å²) >= 11 is 1.80. The van der Waals surface area contributed by atoms with Crippen LogP contribution in [-0.2, 0) is 12.0 Å². The molecule has 0 radical (unpaired) electrons. The van der Waals surface area contributed by atoms with Crippen LogP contribution in [0.4, 0.5) is 0 Å². The third-order valence-electron chi connectivity index (χ3n) is 4.22. The molecular formula is C16H28N2S. The smallest absolute Gasteiger partial charge is 0.107 e. The SMILES string of the molecule is CCC1CCCC(NCc2nc(C(C)(C)C)cs2)C1. The fraction of sp³-hybridized carbons (Fsp3) is 0.812. The van der Waals surface area contributed by atoms with E-state index in [-0.39, 0.29) is 5.41 Å². The Morgan fingerprint density at radius 2 is 2.16 bits per heavy atom. The number of aromatic nitrogens is 1. The van der Waals surface area contributed by atoms with E-state index in [0.29, 0.717) is 6.04 Å². The fourth-order valence-corrected chi connectivity index (χ4v) is 3.79. The normalized spacial score (nSPS) is 24.6. The van der Waals surface area contributed by atoms with Gasteiger partial charge in [-0.15, -0.1) is 11.3 Å². The van der Waals surface area contributed by atoms with Gasteiger partial charge in [-0.3, -0.25) is 0 Å². The lowest BCUT2D eigenvalue weighted by Crippen LogP contribution is -2.33. The summed E-state index contributed by atoms with van der Waals surface area (Å²) in [5.74, 6) is 0.938. The van der Waals surface area contributed by atoms with Crippen molar-refractivity contribution in [3.63, 3.8) is 0 Å². The van der Waals surface area contributed by atoms with Gasteiger partial charge < -0.3 is 5.32 Å². The van der Waals surface area contributed by atoms with Gasteiger partial charge in [0.1, 0.15) is 5.01 Å². The van der Waals surface area contributed by atoms with E-state index in [0.717, 1.165) is 12.5 Å². The second kappa shape index (κ2) is 6.36. The van der Waals surface area contributed by atoms with E-state index in [4.69, 9.17) is 4.98 Å². The Balaban J connectivity index is 1.83. The maximum Gasteiger partial charge on any atom is 0.107 e. The minimum atomic E-state index is 0.174. The first-order chi connectivity index (χ1) is 8.99. The van der Waals surface area contributed by atoms with Crippen molar-refractivity contribution in [2.24, 2.45) is 5.92 Å². The minimum absolute atomic E-state index is 0.174.